The van der Waals surface area contributed by atoms with Crippen molar-refractivity contribution in [1.29, 1.82) is 0 Å². The summed E-state index contributed by atoms with van der Waals surface area (Å²) in [5.41, 5.74) is 1.21. The number of likely N-dealkylation sites (tertiary alicyclic amines) is 1. The van der Waals surface area contributed by atoms with Crippen LogP contribution >= 0.6 is 11.3 Å². The molecule has 0 saturated carbocycles. The van der Waals surface area contributed by atoms with Gasteiger partial charge in [-0.15, -0.1) is 0 Å². The fourth-order valence-corrected chi connectivity index (χ4v) is 5.05. The van der Waals surface area contributed by atoms with Gasteiger partial charge in [0, 0.05) is 13.1 Å². The van der Waals surface area contributed by atoms with E-state index in [9.17, 15) is 5.11 Å². The molecule has 3 aromatic rings. The number of fused-ring (bicyclic) bond motifs is 1. The average molecular weight is 342 g/mol. The lowest BCUT2D eigenvalue weighted by Crippen LogP contribution is -2.41. The second-order valence-corrected chi connectivity index (χ2v) is 7.97. The third-order valence-electron chi connectivity index (χ3n) is 4.76. The maximum atomic E-state index is 10.7. The summed E-state index contributed by atoms with van der Waals surface area (Å²) in [7, 11) is 0. The molecular formula is C18H22N4OS. The molecule has 0 bridgehead atoms. The summed E-state index contributed by atoms with van der Waals surface area (Å²) in [4.78, 5) is 8.41. The zero-order valence-electron chi connectivity index (χ0n) is 14.0. The molecule has 6 heteroatoms. The largest absolute Gasteiger partial charge is 0.492 e. The van der Waals surface area contributed by atoms with E-state index in [1.54, 1.807) is 0 Å². The third kappa shape index (κ3) is 2.70. The summed E-state index contributed by atoms with van der Waals surface area (Å²) in [6.07, 6.45) is 2.75. The summed E-state index contributed by atoms with van der Waals surface area (Å²) in [5.74, 6) is 1.53. The lowest BCUT2D eigenvalue weighted by Gasteiger charge is -2.40. The fourth-order valence-electron chi connectivity index (χ4n) is 3.96. The van der Waals surface area contributed by atoms with Crippen molar-refractivity contribution in [3.05, 3.63) is 47.1 Å². The van der Waals surface area contributed by atoms with Gasteiger partial charge in [-0.2, -0.15) is 9.61 Å². The Hall–Kier alpha value is -1.92. The minimum Gasteiger partial charge on any atom is -0.492 e. The van der Waals surface area contributed by atoms with Gasteiger partial charge >= 0.3 is 0 Å². The Labute approximate surface area is 145 Å². The number of hydrogen-bond donors (Lipinski definition) is 1. The SMILES string of the molecule is C[C@@H]1C[C@H](C)CN([C@@H](c2ccccc2)c2sc3ncnn3c2O)C1. The van der Waals surface area contributed by atoms with Crippen LogP contribution in [0.2, 0.25) is 0 Å². The Morgan fingerprint density at radius 2 is 1.88 bits per heavy atom. The van der Waals surface area contributed by atoms with Crippen molar-refractivity contribution in [1.82, 2.24) is 19.5 Å². The molecule has 3 heterocycles. The molecule has 1 aliphatic rings. The number of benzene rings is 1. The number of thiazole rings is 1. The third-order valence-corrected chi connectivity index (χ3v) is 5.85. The smallest absolute Gasteiger partial charge is 0.230 e. The lowest BCUT2D eigenvalue weighted by atomic mass is 9.89. The van der Waals surface area contributed by atoms with E-state index in [-0.39, 0.29) is 11.9 Å². The van der Waals surface area contributed by atoms with Crippen molar-refractivity contribution in [2.45, 2.75) is 26.3 Å². The van der Waals surface area contributed by atoms with Crippen molar-refractivity contribution in [2.24, 2.45) is 11.8 Å². The number of aromatic hydroxyl groups is 1. The number of rotatable bonds is 3. The standard InChI is InChI=1S/C18H22N4OS/c1-12-8-13(2)10-21(9-12)15(14-6-4-3-5-7-14)16-17(23)22-18(24-16)19-11-20-22/h3-7,11-13,15,23H,8-10H2,1-2H3/t12-,13+,15-/m0/s1. The molecule has 3 atom stereocenters. The first kappa shape index (κ1) is 15.6. The Morgan fingerprint density at radius 1 is 1.17 bits per heavy atom. The first-order chi connectivity index (χ1) is 11.6. The maximum absolute atomic E-state index is 10.7. The van der Waals surface area contributed by atoms with Gasteiger partial charge in [0.25, 0.3) is 0 Å². The van der Waals surface area contributed by atoms with E-state index in [4.69, 9.17) is 0 Å². The van der Waals surface area contributed by atoms with Crippen LogP contribution in [0.5, 0.6) is 5.88 Å². The van der Waals surface area contributed by atoms with Gasteiger partial charge in [-0.3, -0.25) is 4.90 Å². The van der Waals surface area contributed by atoms with Crippen LogP contribution in [0.3, 0.4) is 0 Å². The van der Waals surface area contributed by atoms with Crippen LogP contribution in [0.1, 0.15) is 36.8 Å². The molecule has 0 amide bonds. The number of hydrogen-bond acceptors (Lipinski definition) is 5. The Morgan fingerprint density at radius 3 is 2.54 bits per heavy atom. The maximum Gasteiger partial charge on any atom is 0.230 e. The topological polar surface area (TPSA) is 53.7 Å². The minimum absolute atomic E-state index is 0.0462. The highest BCUT2D eigenvalue weighted by molar-refractivity contribution is 7.17. The predicted octanol–water partition coefficient (Wildman–Crippen LogP) is 3.56. The van der Waals surface area contributed by atoms with Gasteiger partial charge in [0.2, 0.25) is 10.8 Å². The molecule has 2 aromatic heterocycles. The van der Waals surface area contributed by atoms with Gasteiger partial charge in [0.15, 0.2) is 0 Å². The zero-order valence-corrected chi connectivity index (χ0v) is 14.8. The van der Waals surface area contributed by atoms with E-state index in [1.165, 1.54) is 34.2 Å². The highest BCUT2D eigenvalue weighted by atomic mass is 32.1. The predicted molar refractivity (Wildman–Crippen MR) is 95.3 cm³/mol. The van der Waals surface area contributed by atoms with Crippen molar-refractivity contribution in [3.63, 3.8) is 0 Å². The van der Waals surface area contributed by atoms with Crippen molar-refractivity contribution >= 4 is 16.3 Å². The van der Waals surface area contributed by atoms with Crippen LogP contribution in [0.15, 0.2) is 36.7 Å². The summed E-state index contributed by atoms with van der Waals surface area (Å²) in [6, 6.07) is 10.5. The van der Waals surface area contributed by atoms with Gasteiger partial charge in [-0.1, -0.05) is 55.5 Å². The molecular weight excluding hydrogens is 320 g/mol. The normalized spacial score (nSPS) is 23.6. The molecule has 5 nitrogen and oxygen atoms in total. The highest BCUT2D eigenvalue weighted by Crippen LogP contribution is 2.41. The van der Waals surface area contributed by atoms with Crippen LogP contribution in [0.25, 0.3) is 4.96 Å². The Balaban J connectivity index is 1.81. The summed E-state index contributed by atoms with van der Waals surface area (Å²) >= 11 is 1.53. The molecule has 4 rings (SSSR count). The molecule has 0 aliphatic carbocycles. The van der Waals surface area contributed by atoms with E-state index in [1.807, 2.05) is 6.07 Å². The molecule has 24 heavy (non-hydrogen) atoms. The van der Waals surface area contributed by atoms with E-state index >= 15 is 0 Å². The van der Waals surface area contributed by atoms with Crippen LogP contribution < -0.4 is 0 Å². The summed E-state index contributed by atoms with van der Waals surface area (Å²) in [5, 5.41) is 14.9. The van der Waals surface area contributed by atoms with Gasteiger partial charge in [-0.25, -0.2) is 4.98 Å². The Kier molecular flexibility index (Phi) is 4.02. The van der Waals surface area contributed by atoms with E-state index in [2.05, 4.69) is 53.1 Å². The van der Waals surface area contributed by atoms with E-state index < -0.39 is 0 Å². The summed E-state index contributed by atoms with van der Waals surface area (Å²) < 4.78 is 1.53. The Bertz CT molecular complexity index is 818. The van der Waals surface area contributed by atoms with Gasteiger partial charge in [-0.05, 0) is 23.8 Å². The van der Waals surface area contributed by atoms with Gasteiger partial charge in [0.05, 0.1) is 10.9 Å². The zero-order chi connectivity index (χ0) is 16.7. The van der Waals surface area contributed by atoms with E-state index in [0.29, 0.717) is 11.8 Å². The van der Waals surface area contributed by atoms with Gasteiger partial charge in [0.1, 0.15) is 6.33 Å². The quantitative estimate of drug-likeness (QED) is 0.791. The summed E-state index contributed by atoms with van der Waals surface area (Å²) in [6.45, 7) is 6.70. The molecule has 1 aromatic carbocycles. The first-order valence-electron chi connectivity index (χ1n) is 8.44. The first-order valence-corrected chi connectivity index (χ1v) is 9.25. The molecule has 1 saturated heterocycles. The van der Waals surface area contributed by atoms with Crippen LogP contribution in [-0.4, -0.2) is 37.7 Å². The monoisotopic (exact) mass is 342 g/mol. The van der Waals surface area contributed by atoms with Crippen molar-refractivity contribution < 1.29 is 5.11 Å². The van der Waals surface area contributed by atoms with Crippen LogP contribution in [0.4, 0.5) is 0 Å². The molecule has 1 aliphatic heterocycles. The average Bonchev–Trinajstić information content (AvgIpc) is 3.12. The van der Waals surface area contributed by atoms with Crippen molar-refractivity contribution in [2.75, 3.05) is 13.1 Å². The number of piperidine rings is 1. The molecule has 1 N–H and O–H groups in total. The van der Waals surface area contributed by atoms with Crippen LogP contribution in [-0.2, 0) is 0 Å². The van der Waals surface area contributed by atoms with Crippen molar-refractivity contribution in [3.8, 4) is 5.88 Å². The number of aromatic nitrogens is 3. The number of nitrogens with zero attached hydrogens (tertiary/aromatic N) is 4. The second-order valence-electron chi connectivity index (χ2n) is 6.96. The highest BCUT2D eigenvalue weighted by Gasteiger charge is 2.33. The van der Waals surface area contributed by atoms with Gasteiger partial charge < -0.3 is 5.11 Å². The molecule has 126 valence electrons. The molecule has 1 fully saturated rings. The lowest BCUT2D eigenvalue weighted by molar-refractivity contribution is 0.112. The molecule has 0 spiro atoms. The molecule has 0 unspecified atom stereocenters. The van der Waals surface area contributed by atoms with E-state index in [0.717, 1.165) is 22.9 Å². The fraction of sp³-hybridized carbons (Fsp3) is 0.444. The molecule has 0 radical (unpaired) electrons. The minimum atomic E-state index is 0.0462. The van der Waals surface area contributed by atoms with Crippen LogP contribution in [0, 0.1) is 11.8 Å². The second kappa shape index (κ2) is 6.18.